The SMILES string of the molecule is COc1cccc(CCNC(=O)c2cc(NC3CCCC3)nc(C)n2)c1. The molecule has 2 aromatic rings. The van der Waals surface area contributed by atoms with Crippen molar-refractivity contribution in [2.24, 2.45) is 0 Å². The van der Waals surface area contributed by atoms with Crippen LogP contribution in [0.5, 0.6) is 5.75 Å². The Morgan fingerprint density at radius 2 is 2.04 bits per heavy atom. The van der Waals surface area contributed by atoms with Crippen molar-refractivity contribution in [3.8, 4) is 5.75 Å². The van der Waals surface area contributed by atoms with Gasteiger partial charge in [-0.1, -0.05) is 25.0 Å². The van der Waals surface area contributed by atoms with Crippen LogP contribution in [0.25, 0.3) is 0 Å². The summed E-state index contributed by atoms with van der Waals surface area (Å²) in [7, 11) is 1.65. The summed E-state index contributed by atoms with van der Waals surface area (Å²) in [5.74, 6) is 1.99. The van der Waals surface area contributed by atoms with E-state index < -0.39 is 0 Å². The number of methoxy groups -OCH3 is 1. The smallest absolute Gasteiger partial charge is 0.270 e. The number of carbonyl (C=O) groups excluding carboxylic acids is 1. The van der Waals surface area contributed by atoms with Gasteiger partial charge in [-0.3, -0.25) is 4.79 Å². The molecule has 1 heterocycles. The van der Waals surface area contributed by atoms with E-state index in [0.717, 1.165) is 36.4 Å². The maximum atomic E-state index is 12.4. The minimum absolute atomic E-state index is 0.173. The van der Waals surface area contributed by atoms with E-state index in [1.54, 1.807) is 13.2 Å². The molecule has 1 fully saturated rings. The zero-order valence-electron chi connectivity index (χ0n) is 15.4. The van der Waals surface area contributed by atoms with Crippen LogP contribution < -0.4 is 15.4 Å². The summed E-state index contributed by atoms with van der Waals surface area (Å²) in [5.41, 5.74) is 1.52. The van der Waals surface area contributed by atoms with E-state index in [4.69, 9.17) is 4.74 Å². The molecule has 1 saturated carbocycles. The number of aromatic nitrogens is 2. The van der Waals surface area contributed by atoms with Crippen LogP contribution >= 0.6 is 0 Å². The molecule has 0 atom stereocenters. The molecule has 6 nitrogen and oxygen atoms in total. The topological polar surface area (TPSA) is 76.1 Å². The molecular weight excluding hydrogens is 328 g/mol. The van der Waals surface area contributed by atoms with Gasteiger partial charge in [0.1, 0.15) is 23.1 Å². The van der Waals surface area contributed by atoms with E-state index in [9.17, 15) is 4.79 Å². The highest BCUT2D eigenvalue weighted by Gasteiger charge is 2.17. The summed E-state index contributed by atoms with van der Waals surface area (Å²) < 4.78 is 5.22. The Balaban J connectivity index is 1.57. The summed E-state index contributed by atoms with van der Waals surface area (Å²) in [6, 6.07) is 10.0. The van der Waals surface area contributed by atoms with Gasteiger partial charge in [0.15, 0.2) is 0 Å². The normalized spacial score (nSPS) is 14.2. The van der Waals surface area contributed by atoms with Crippen molar-refractivity contribution in [2.75, 3.05) is 19.0 Å². The fourth-order valence-electron chi connectivity index (χ4n) is 3.28. The minimum Gasteiger partial charge on any atom is -0.497 e. The van der Waals surface area contributed by atoms with Gasteiger partial charge in [0.25, 0.3) is 5.91 Å². The van der Waals surface area contributed by atoms with Gasteiger partial charge in [-0.15, -0.1) is 0 Å². The molecule has 0 bridgehead atoms. The Morgan fingerprint density at radius 1 is 1.23 bits per heavy atom. The lowest BCUT2D eigenvalue weighted by atomic mass is 10.1. The van der Waals surface area contributed by atoms with Crippen molar-refractivity contribution >= 4 is 11.7 Å². The molecule has 2 N–H and O–H groups in total. The standard InChI is InChI=1S/C20H26N4O2/c1-14-22-18(13-19(23-14)24-16-7-3-4-8-16)20(25)21-11-10-15-6-5-9-17(12-15)26-2/h5-6,9,12-13,16H,3-4,7-8,10-11H2,1-2H3,(H,21,25)(H,22,23,24). The lowest BCUT2D eigenvalue weighted by Gasteiger charge is -2.14. The van der Waals surface area contributed by atoms with Gasteiger partial charge in [0.05, 0.1) is 7.11 Å². The molecule has 6 heteroatoms. The Kier molecular flexibility index (Phi) is 6.04. The minimum atomic E-state index is -0.173. The molecule has 0 radical (unpaired) electrons. The number of nitrogens with one attached hydrogen (secondary N) is 2. The maximum absolute atomic E-state index is 12.4. The second-order valence-electron chi connectivity index (χ2n) is 6.67. The van der Waals surface area contributed by atoms with Crippen molar-refractivity contribution in [3.63, 3.8) is 0 Å². The van der Waals surface area contributed by atoms with Gasteiger partial charge in [-0.25, -0.2) is 9.97 Å². The number of anilines is 1. The molecule has 1 aromatic carbocycles. The number of amides is 1. The summed E-state index contributed by atoms with van der Waals surface area (Å²) in [6.07, 6.45) is 5.55. The number of rotatable bonds is 7. The number of hydrogen-bond acceptors (Lipinski definition) is 5. The van der Waals surface area contributed by atoms with Crippen LogP contribution in [0.3, 0.4) is 0 Å². The average Bonchev–Trinajstić information content (AvgIpc) is 3.14. The van der Waals surface area contributed by atoms with E-state index in [-0.39, 0.29) is 5.91 Å². The first kappa shape index (κ1) is 18.2. The lowest BCUT2D eigenvalue weighted by Crippen LogP contribution is -2.27. The molecular formula is C20H26N4O2. The number of carbonyl (C=O) groups is 1. The molecule has 26 heavy (non-hydrogen) atoms. The van der Waals surface area contributed by atoms with Crippen molar-refractivity contribution in [1.82, 2.24) is 15.3 Å². The highest BCUT2D eigenvalue weighted by molar-refractivity contribution is 5.92. The summed E-state index contributed by atoms with van der Waals surface area (Å²) in [6.45, 7) is 2.35. The van der Waals surface area contributed by atoms with Crippen molar-refractivity contribution in [3.05, 3.63) is 47.4 Å². The molecule has 3 rings (SSSR count). The van der Waals surface area contributed by atoms with Crippen LogP contribution in [0.4, 0.5) is 5.82 Å². The third-order valence-corrected chi connectivity index (χ3v) is 4.61. The summed E-state index contributed by atoms with van der Waals surface area (Å²) in [4.78, 5) is 21.1. The number of ether oxygens (including phenoxy) is 1. The first-order valence-electron chi connectivity index (χ1n) is 9.17. The number of benzene rings is 1. The van der Waals surface area contributed by atoms with Crippen LogP contribution in [-0.2, 0) is 6.42 Å². The van der Waals surface area contributed by atoms with E-state index in [1.807, 2.05) is 31.2 Å². The number of hydrogen-bond donors (Lipinski definition) is 2. The highest BCUT2D eigenvalue weighted by Crippen LogP contribution is 2.21. The number of nitrogens with zero attached hydrogens (tertiary/aromatic N) is 2. The second kappa shape index (κ2) is 8.65. The van der Waals surface area contributed by atoms with Gasteiger partial charge in [-0.05, 0) is 43.9 Å². The second-order valence-corrected chi connectivity index (χ2v) is 6.67. The van der Waals surface area contributed by atoms with E-state index in [0.29, 0.717) is 24.1 Å². The Morgan fingerprint density at radius 3 is 2.81 bits per heavy atom. The van der Waals surface area contributed by atoms with Crippen LogP contribution in [0.2, 0.25) is 0 Å². The van der Waals surface area contributed by atoms with Gasteiger partial charge >= 0.3 is 0 Å². The first-order valence-corrected chi connectivity index (χ1v) is 9.17. The van der Waals surface area contributed by atoms with Crippen molar-refractivity contribution in [2.45, 2.75) is 45.1 Å². The summed E-state index contributed by atoms with van der Waals surface area (Å²) >= 11 is 0. The van der Waals surface area contributed by atoms with Crippen LogP contribution in [0.1, 0.15) is 47.6 Å². The van der Waals surface area contributed by atoms with Gasteiger partial charge < -0.3 is 15.4 Å². The third-order valence-electron chi connectivity index (χ3n) is 4.61. The molecule has 138 valence electrons. The van der Waals surface area contributed by atoms with Crippen molar-refractivity contribution in [1.29, 1.82) is 0 Å². The van der Waals surface area contributed by atoms with Gasteiger partial charge in [0, 0.05) is 18.7 Å². The predicted molar refractivity (Wildman–Crippen MR) is 102 cm³/mol. The van der Waals surface area contributed by atoms with Crippen LogP contribution in [-0.4, -0.2) is 35.6 Å². The molecule has 1 amide bonds. The predicted octanol–water partition coefficient (Wildman–Crippen LogP) is 3.12. The highest BCUT2D eigenvalue weighted by atomic mass is 16.5. The van der Waals surface area contributed by atoms with E-state index >= 15 is 0 Å². The molecule has 1 aromatic heterocycles. The summed E-state index contributed by atoms with van der Waals surface area (Å²) in [5, 5.41) is 6.36. The molecule has 0 aliphatic heterocycles. The molecule has 0 spiro atoms. The third kappa shape index (κ3) is 4.94. The van der Waals surface area contributed by atoms with Crippen LogP contribution in [0, 0.1) is 6.92 Å². The fourth-order valence-corrected chi connectivity index (χ4v) is 3.28. The Hall–Kier alpha value is -2.63. The lowest BCUT2D eigenvalue weighted by molar-refractivity contribution is 0.0949. The first-order chi connectivity index (χ1) is 12.6. The molecule has 1 aliphatic carbocycles. The molecule has 0 unspecified atom stereocenters. The Bertz CT molecular complexity index is 757. The zero-order chi connectivity index (χ0) is 18.4. The molecule has 0 saturated heterocycles. The van der Waals surface area contributed by atoms with E-state index in [1.165, 1.54) is 12.8 Å². The van der Waals surface area contributed by atoms with E-state index in [2.05, 4.69) is 20.6 Å². The molecule has 1 aliphatic rings. The quantitative estimate of drug-likeness (QED) is 0.799. The maximum Gasteiger partial charge on any atom is 0.270 e. The Labute approximate surface area is 154 Å². The largest absolute Gasteiger partial charge is 0.497 e. The number of aryl methyl sites for hydroxylation is 1. The zero-order valence-corrected chi connectivity index (χ0v) is 15.4. The fraction of sp³-hybridized carbons (Fsp3) is 0.450. The van der Waals surface area contributed by atoms with Crippen LogP contribution in [0.15, 0.2) is 30.3 Å². The van der Waals surface area contributed by atoms with Gasteiger partial charge in [-0.2, -0.15) is 0 Å². The van der Waals surface area contributed by atoms with Gasteiger partial charge in [0.2, 0.25) is 0 Å². The van der Waals surface area contributed by atoms with Crippen molar-refractivity contribution < 1.29 is 9.53 Å². The average molecular weight is 354 g/mol. The monoisotopic (exact) mass is 354 g/mol.